The van der Waals surface area contributed by atoms with Crippen LogP contribution in [0.1, 0.15) is 39.5 Å². The molecule has 0 aromatic heterocycles. The Morgan fingerprint density at radius 2 is 1.71 bits per heavy atom. The minimum atomic E-state index is 0.413. The molecule has 1 saturated carbocycles. The lowest BCUT2D eigenvalue weighted by Crippen LogP contribution is -2.29. The van der Waals surface area contributed by atoms with Gasteiger partial charge in [-0.15, -0.1) is 0 Å². The van der Waals surface area contributed by atoms with Gasteiger partial charge in [-0.2, -0.15) is 0 Å². The lowest BCUT2D eigenvalue weighted by atomic mass is 9.86. The molecule has 0 radical (unpaired) electrons. The van der Waals surface area contributed by atoms with Gasteiger partial charge in [0.1, 0.15) is 0 Å². The molecule has 1 fully saturated rings. The molecule has 4 heteroatoms. The van der Waals surface area contributed by atoms with Crippen LogP contribution in [0.5, 0.6) is 11.5 Å². The molecule has 1 aromatic carbocycles. The second kappa shape index (κ2) is 8.13. The maximum atomic E-state index is 5.95. The molecule has 0 bridgehead atoms. The molecule has 0 heterocycles. The molecule has 2 rings (SSSR count). The zero-order valence-corrected chi connectivity index (χ0v) is 13.2. The van der Waals surface area contributed by atoms with Gasteiger partial charge in [0.05, 0.1) is 13.2 Å². The molecule has 0 spiro atoms. The average Bonchev–Trinajstić information content (AvgIpc) is 2.49. The predicted octanol–water partition coefficient (Wildman–Crippen LogP) is 3.41. The van der Waals surface area contributed by atoms with E-state index in [9.17, 15) is 0 Å². The molecular formula is C17H28N2O2. The summed E-state index contributed by atoms with van der Waals surface area (Å²) >= 11 is 0. The van der Waals surface area contributed by atoms with Crippen molar-refractivity contribution in [1.29, 1.82) is 0 Å². The van der Waals surface area contributed by atoms with E-state index in [0.717, 1.165) is 42.5 Å². The van der Waals surface area contributed by atoms with Crippen LogP contribution < -0.4 is 20.5 Å². The Kier molecular flexibility index (Phi) is 6.18. The number of hydrogen-bond donors (Lipinski definition) is 2. The third kappa shape index (κ3) is 4.81. The third-order valence-corrected chi connectivity index (χ3v) is 4.03. The van der Waals surface area contributed by atoms with Crippen LogP contribution in [0.3, 0.4) is 0 Å². The van der Waals surface area contributed by atoms with E-state index in [4.69, 9.17) is 15.2 Å². The van der Waals surface area contributed by atoms with Crippen molar-refractivity contribution in [2.45, 2.75) is 45.6 Å². The average molecular weight is 292 g/mol. The largest absolute Gasteiger partial charge is 0.490 e. The van der Waals surface area contributed by atoms with E-state index >= 15 is 0 Å². The number of ether oxygens (including phenoxy) is 2. The first-order valence-electron chi connectivity index (χ1n) is 8.12. The summed E-state index contributed by atoms with van der Waals surface area (Å²) in [5.41, 5.74) is 7.05. The summed E-state index contributed by atoms with van der Waals surface area (Å²) in [4.78, 5) is 0. The molecule has 3 N–H and O–H groups in total. The smallest absolute Gasteiger partial charge is 0.163 e. The van der Waals surface area contributed by atoms with Crippen LogP contribution in [-0.4, -0.2) is 25.8 Å². The maximum Gasteiger partial charge on any atom is 0.163 e. The van der Waals surface area contributed by atoms with Crippen LogP contribution in [0.25, 0.3) is 0 Å². The summed E-state index contributed by atoms with van der Waals surface area (Å²) in [6, 6.07) is 6.48. The molecule has 1 aliphatic rings. The summed E-state index contributed by atoms with van der Waals surface area (Å²) in [6.07, 6.45) is 4.76. The van der Waals surface area contributed by atoms with Crippen molar-refractivity contribution in [1.82, 2.24) is 0 Å². The fourth-order valence-corrected chi connectivity index (χ4v) is 2.82. The zero-order valence-electron chi connectivity index (χ0n) is 13.2. The van der Waals surface area contributed by atoms with Gasteiger partial charge in [-0.3, -0.25) is 0 Å². The van der Waals surface area contributed by atoms with E-state index < -0.39 is 0 Å². The van der Waals surface area contributed by atoms with Crippen molar-refractivity contribution in [2.24, 2.45) is 11.7 Å². The van der Waals surface area contributed by atoms with Crippen LogP contribution in [0.15, 0.2) is 18.2 Å². The first-order valence-corrected chi connectivity index (χ1v) is 8.12. The molecule has 21 heavy (non-hydrogen) atoms. The van der Waals surface area contributed by atoms with Gasteiger partial charge >= 0.3 is 0 Å². The predicted molar refractivity (Wildman–Crippen MR) is 87.2 cm³/mol. The first kappa shape index (κ1) is 16.0. The Balaban J connectivity index is 1.92. The van der Waals surface area contributed by atoms with E-state index in [2.05, 4.69) is 11.4 Å². The Hall–Kier alpha value is -1.42. The minimum absolute atomic E-state index is 0.413. The standard InChI is InChI=1S/C17H28N2O2/c1-3-20-16-10-9-15(11-17(16)21-4-2)19-12-13-5-7-14(18)8-6-13/h9-11,13-14,19H,3-8,12,18H2,1-2H3/t13-,14-. The number of anilines is 1. The summed E-state index contributed by atoms with van der Waals surface area (Å²) in [7, 11) is 0. The van der Waals surface area contributed by atoms with Gasteiger partial charge in [0.15, 0.2) is 11.5 Å². The van der Waals surface area contributed by atoms with Gasteiger partial charge in [0.2, 0.25) is 0 Å². The molecular weight excluding hydrogens is 264 g/mol. The van der Waals surface area contributed by atoms with Gasteiger partial charge in [-0.05, 0) is 57.6 Å². The third-order valence-electron chi connectivity index (χ3n) is 4.03. The number of hydrogen-bond acceptors (Lipinski definition) is 4. The van der Waals surface area contributed by atoms with Crippen LogP contribution in [-0.2, 0) is 0 Å². The van der Waals surface area contributed by atoms with E-state index in [1.54, 1.807) is 0 Å². The zero-order chi connectivity index (χ0) is 15.1. The quantitative estimate of drug-likeness (QED) is 0.808. The number of benzene rings is 1. The van der Waals surface area contributed by atoms with E-state index in [-0.39, 0.29) is 0 Å². The highest BCUT2D eigenvalue weighted by Crippen LogP contribution is 2.31. The molecule has 1 aromatic rings. The summed E-state index contributed by atoms with van der Waals surface area (Å²) in [5, 5.41) is 3.52. The highest BCUT2D eigenvalue weighted by Gasteiger charge is 2.18. The second-order valence-electron chi connectivity index (χ2n) is 5.69. The molecule has 0 aliphatic heterocycles. The van der Waals surface area contributed by atoms with Gasteiger partial charge in [0.25, 0.3) is 0 Å². The number of nitrogens with one attached hydrogen (secondary N) is 1. The number of nitrogens with two attached hydrogens (primary N) is 1. The van der Waals surface area contributed by atoms with Crippen molar-refractivity contribution in [3.63, 3.8) is 0 Å². The van der Waals surface area contributed by atoms with E-state index in [1.165, 1.54) is 12.8 Å². The van der Waals surface area contributed by atoms with Crippen LogP contribution >= 0.6 is 0 Å². The van der Waals surface area contributed by atoms with Crippen molar-refractivity contribution in [3.05, 3.63) is 18.2 Å². The molecule has 0 saturated heterocycles. The van der Waals surface area contributed by atoms with Gasteiger partial charge in [-0.25, -0.2) is 0 Å². The molecule has 118 valence electrons. The molecule has 1 aliphatic carbocycles. The SMILES string of the molecule is CCOc1ccc(NC[C@H]2CC[C@H](N)CC2)cc1OCC. The lowest BCUT2D eigenvalue weighted by Gasteiger charge is -2.26. The minimum Gasteiger partial charge on any atom is -0.490 e. The second-order valence-corrected chi connectivity index (χ2v) is 5.69. The molecule has 4 nitrogen and oxygen atoms in total. The summed E-state index contributed by atoms with van der Waals surface area (Å²) < 4.78 is 11.2. The van der Waals surface area contributed by atoms with Crippen molar-refractivity contribution < 1.29 is 9.47 Å². The van der Waals surface area contributed by atoms with Gasteiger partial charge < -0.3 is 20.5 Å². The Morgan fingerprint density at radius 3 is 2.38 bits per heavy atom. The summed E-state index contributed by atoms with van der Waals surface area (Å²) in [6.45, 7) is 6.27. The van der Waals surface area contributed by atoms with Crippen molar-refractivity contribution in [3.8, 4) is 11.5 Å². The van der Waals surface area contributed by atoms with Gasteiger partial charge in [0, 0.05) is 24.3 Å². The highest BCUT2D eigenvalue weighted by molar-refractivity contribution is 5.54. The summed E-state index contributed by atoms with van der Waals surface area (Å²) in [5.74, 6) is 2.36. The van der Waals surface area contributed by atoms with Crippen molar-refractivity contribution in [2.75, 3.05) is 25.1 Å². The fraction of sp³-hybridized carbons (Fsp3) is 0.647. The Bertz CT molecular complexity index is 429. The van der Waals surface area contributed by atoms with E-state index in [1.807, 2.05) is 26.0 Å². The van der Waals surface area contributed by atoms with Crippen molar-refractivity contribution >= 4 is 5.69 Å². The lowest BCUT2D eigenvalue weighted by molar-refractivity contribution is 0.288. The molecule has 0 atom stereocenters. The fourth-order valence-electron chi connectivity index (χ4n) is 2.82. The molecule has 0 unspecified atom stereocenters. The number of rotatable bonds is 7. The first-order chi connectivity index (χ1) is 10.2. The Morgan fingerprint density at radius 1 is 1.05 bits per heavy atom. The van der Waals surface area contributed by atoms with Crippen LogP contribution in [0.2, 0.25) is 0 Å². The maximum absolute atomic E-state index is 5.95. The van der Waals surface area contributed by atoms with Gasteiger partial charge in [-0.1, -0.05) is 0 Å². The Labute approximate surface area is 128 Å². The topological polar surface area (TPSA) is 56.5 Å². The van der Waals surface area contributed by atoms with Crippen LogP contribution in [0, 0.1) is 5.92 Å². The van der Waals surface area contributed by atoms with E-state index in [0.29, 0.717) is 19.3 Å². The van der Waals surface area contributed by atoms with Crippen LogP contribution in [0.4, 0.5) is 5.69 Å². The molecule has 0 amide bonds. The monoisotopic (exact) mass is 292 g/mol. The highest BCUT2D eigenvalue weighted by atomic mass is 16.5. The normalized spacial score (nSPS) is 21.9.